The van der Waals surface area contributed by atoms with Gasteiger partial charge in [-0.05, 0) is 6.42 Å². The lowest BCUT2D eigenvalue weighted by Gasteiger charge is -2.19. The fourth-order valence-electron chi connectivity index (χ4n) is 1.80. The fraction of sp³-hybridized carbons (Fsp3) is 0.875. The molecule has 0 bridgehead atoms. The molecule has 2 rings (SSSR count). The molecule has 0 aromatic carbocycles. The monoisotopic (exact) mass is 231 g/mol. The lowest BCUT2D eigenvalue weighted by Crippen LogP contribution is -2.31. The van der Waals surface area contributed by atoms with Gasteiger partial charge in [0.05, 0.1) is 11.7 Å². The van der Waals surface area contributed by atoms with E-state index < -0.39 is 5.03 Å². The van der Waals surface area contributed by atoms with Crippen molar-refractivity contribution >= 4 is 16.9 Å². The highest BCUT2D eigenvalue weighted by molar-refractivity contribution is 8.14. The molecule has 2 saturated heterocycles. The van der Waals surface area contributed by atoms with Crippen LogP contribution in [0.25, 0.3) is 0 Å². The first-order chi connectivity index (χ1) is 7.25. The van der Waals surface area contributed by atoms with Crippen molar-refractivity contribution < 1.29 is 9.77 Å². The Morgan fingerprint density at radius 2 is 2.60 bits per heavy atom. The number of hydrazone groups is 1. The molecule has 0 amide bonds. The summed E-state index contributed by atoms with van der Waals surface area (Å²) in [7, 11) is 0. The molecular formula is C8H13N3O3S. The van der Waals surface area contributed by atoms with Gasteiger partial charge in [0.1, 0.15) is 0 Å². The van der Waals surface area contributed by atoms with Gasteiger partial charge in [0.2, 0.25) is 5.17 Å². The van der Waals surface area contributed by atoms with Crippen LogP contribution in [-0.4, -0.2) is 47.2 Å². The van der Waals surface area contributed by atoms with E-state index in [1.54, 1.807) is 0 Å². The van der Waals surface area contributed by atoms with E-state index in [-0.39, 0.29) is 0 Å². The summed E-state index contributed by atoms with van der Waals surface area (Å²) in [6, 6.07) is 0. The summed E-state index contributed by atoms with van der Waals surface area (Å²) in [6.45, 7) is 3.27. The van der Waals surface area contributed by atoms with Crippen LogP contribution < -0.4 is 0 Å². The van der Waals surface area contributed by atoms with E-state index in [4.69, 9.17) is 4.74 Å². The zero-order valence-electron chi connectivity index (χ0n) is 8.29. The maximum absolute atomic E-state index is 10.3. The third kappa shape index (κ3) is 2.82. The van der Waals surface area contributed by atoms with Crippen LogP contribution in [0.2, 0.25) is 0 Å². The Morgan fingerprint density at radius 1 is 1.73 bits per heavy atom. The van der Waals surface area contributed by atoms with Gasteiger partial charge in [0.25, 0.3) is 0 Å². The second kappa shape index (κ2) is 4.80. The zero-order chi connectivity index (χ0) is 10.7. The Hall–Kier alpha value is -0.820. The molecule has 2 fully saturated rings. The van der Waals surface area contributed by atoms with Gasteiger partial charge in [-0.15, -0.1) is 0 Å². The minimum absolute atomic E-state index is 0.501. The van der Waals surface area contributed by atoms with Crippen molar-refractivity contribution in [2.24, 2.45) is 11.0 Å². The molecule has 7 heteroatoms. The van der Waals surface area contributed by atoms with Crippen LogP contribution in [0.4, 0.5) is 0 Å². The molecule has 15 heavy (non-hydrogen) atoms. The number of ether oxygens (including phenoxy) is 1. The third-order valence-electron chi connectivity index (χ3n) is 2.53. The maximum Gasteiger partial charge on any atom is 0.237 e. The molecule has 0 saturated carbocycles. The Morgan fingerprint density at radius 3 is 3.27 bits per heavy atom. The smallest absolute Gasteiger partial charge is 0.237 e. The van der Waals surface area contributed by atoms with Gasteiger partial charge in [-0.3, -0.25) is 0 Å². The lowest BCUT2D eigenvalue weighted by molar-refractivity contribution is -0.485. The summed E-state index contributed by atoms with van der Waals surface area (Å²) >= 11 is 1.46. The SMILES string of the molecule is O=[N+]([O-])/N=C1/SCCN1CC1CCOC1. The molecule has 0 spiro atoms. The van der Waals surface area contributed by atoms with Gasteiger partial charge in [0.15, 0.2) is 5.03 Å². The van der Waals surface area contributed by atoms with Crippen molar-refractivity contribution in [2.45, 2.75) is 6.42 Å². The lowest BCUT2D eigenvalue weighted by atomic mass is 10.1. The molecule has 84 valence electrons. The standard InChI is InChI=1S/C8H13N3O3S/c12-11(13)9-8-10(2-4-15-8)5-7-1-3-14-6-7/h7H,1-6H2/b9-8+. The van der Waals surface area contributed by atoms with Crippen molar-refractivity contribution in [1.82, 2.24) is 4.90 Å². The summed E-state index contributed by atoms with van der Waals surface area (Å²) in [5.41, 5.74) is 0. The largest absolute Gasteiger partial charge is 0.381 e. The predicted octanol–water partition coefficient (Wildman–Crippen LogP) is 0.619. The van der Waals surface area contributed by atoms with Crippen LogP contribution in [0.15, 0.2) is 5.10 Å². The van der Waals surface area contributed by atoms with E-state index in [2.05, 4.69) is 5.10 Å². The summed E-state index contributed by atoms with van der Waals surface area (Å²) in [5.74, 6) is 1.39. The van der Waals surface area contributed by atoms with Gasteiger partial charge in [-0.2, -0.15) is 0 Å². The van der Waals surface area contributed by atoms with E-state index in [0.29, 0.717) is 11.1 Å². The second-order valence-electron chi connectivity index (χ2n) is 3.64. The number of thioether (sulfide) groups is 1. The molecule has 0 N–H and O–H groups in total. The highest BCUT2D eigenvalue weighted by Gasteiger charge is 2.27. The zero-order valence-corrected chi connectivity index (χ0v) is 9.11. The summed E-state index contributed by atoms with van der Waals surface area (Å²) < 4.78 is 5.28. The number of nitrogens with zero attached hydrogens (tertiary/aromatic N) is 3. The number of rotatable bonds is 3. The molecule has 0 aromatic rings. The molecular weight excluding hydrogens is 218 g/mol. The summed E-state index contributed by atoms with van der Waals surface area (Å²) in [5, 5.41) is 13.6. The molecule has 2 heterocycles. The molecule has 0 radical (unpaired) electrons. The number of hydrogen-bond acceptors (Lipinski definition) is 4. The topological polar surface area (TPSA) is 68.0 Å². The Bertz CT molecular complexity index is 278. The highest BCUT2D eigenvalue weighted by atomic mass is 32.2. The third-order valence-corrected chi connectivity index (χ3v) is 3.52. The van der Waals surface area contributed by atoms with Crippen molar-refractivity contribution in [1.29, 1.82) is 0 Å². The first-order valence-electron chi connectivity index (χ1n) is 4.94. The van der Waals surface area contributed by atoms with E-state index in [9.17, 15) is 10.1 Å². The summed E-state index contributed by atoms with van der Waals surface area (Å²) in [4.78, 5) is 12.3. The van der Waals surface area contributed by atoms with Gasteiger partial charge in [0, 0.05) is 31.4 Å². The van der Waals surface area contributed by atoms with Crippen LogP contribution in [0.3, 0.4) is 0 Å². The Kier molecular flexibility index (Phi) is 3.42. The molecule has 0 aromatic heterocycles. The van der Waals surface area contributed by atoms with E-state index in [0.717, 1.165) is 38.5 Å². The Labute approximate surface area is 91.8 Å². The first-order valence-corrected chi connectivity index (χ1v) is 5.93. The number of amidine groups is 1. The van der Waals surface area contributed by atoms with Crippen molar-refractivity contribution in [2.75, 3.05) is 32.1 Å². The normalized spacial score (nSPS) is 28.9. The minimum Gasteiger partial charge on any atom is -0.381 e. The van der Waals surface area contributed by atoms with Crippen molar-refractivity contribution in [3.63, 3.8) is 0 Å². The molecule has 1 unspecified atom stereocenters. The quantitative estimate of drug-likeness (QED) is 0.526. The number of nitro groups is 1. The first kappa shape index (κ1) is 10.7. The minimum atomic E-state index is -0.619. The van der Waals surface area contributed by atoms with Crippen LogP contribution in [0.5, 0.6) is 0 Å². The van der Waals surface area contributed by atoms with Gasteiger partial charge in [-0.1, -0.05) is 11.8 Å². The van der Waals surface area contributed by atoms with Crippen molar-refractivity contribution in [3.8, 4) is 0 Å². The van der Waals surface area contributed by atoms with Gasteiger partial charge in [-0.25, -0.2) is 10.1 Å². The van der Waals surface area contributed by atoms with E-state index >= 15 is 0 Å². The average molecular weight is 231 g/mol. The van der Waals surface area contributed by atoms with E-state index in [1.807, 2.05) is 4.90 Å². The van der Waals surface area contributed by atoms with Crippen LogP contribution >= 0.6 is 11.8 Å². The average Bonchev–Trinajstić information content (AvgIpc) is 2.78. The fourth-order valence-corrected chi connectivity index (χ4v) is 2.77. The van der Waals surface area contributed by atoms with E-state index in [1.165, 1.54) is 11.8 Å². The molecule has 2 aliphatic rings. The number of hydrogen-bond donors (Lipinski definition) is 0. The van der Waals surface area contributed by atoms with Crippen LogP contribution in [0, 0.1) is 16.0 Å². The molecule has 1 atom stereocenters. The van der Waals surface area contributed by atoms with Crippen LogP contribution in [-0.2, 0) is 4.74 Å². The second-order valence-corrected chi connectivity index (χ2v) is 4.71. The maximum atomic E-state index is 10.3. The Balaban J connectivity index is 1.92. The van der Waals surface area contributed by atoms with Crippen molar-refractivity contribution in [3.05, 3.63) is 10.1 Å². The molecule has 2 aliphatic heterocycles. The molecule has 0 aliphatic carbocycles. The molecule has 6 nitrogen and oxygen atoms in total. The van der Waals surface area contributed by atoms with Crippen LogP contribution in [0.1, 0.15) is 6.42 Å². The highest BCUT2D eigenvalue weighted by Crippen LogP contribution is 2.22. The predicted molar refractivity (Wildman–Crippen MR) is 57.4 cm³/mol. The summed E-state index contributed by atoms with van der Waals surface area (Å²) in [6.07, 6.45) is 1.05. The van der Waals surface area contributed by atoms with Gasteiger partial charge >= 0.3 is 0 Å². The van der Waals surface area contributed by atoms with Gasteiger partial charge < -0.3 is 9.64 Å².